The summed E-state index contributed by atoms with van der Waals surface area (Å²) in [6.45, 7) is 11.5. The number of aliphatic hydroxyl groups is 1. The minimum atomic E-state index is -0.588. The normalized spacial score (nSPS) is 22.4. The molecule has 0 saturated carbocycles. The van der Waals surface area contributed by atoms with Gasteiger partial charge in [-0.3, -0.25) is 0 Å². The molecule has 0 aromatic rings. The number of allylic oxidation sites excluding steroid dienone is 1. The first-order chi connectivity index (χ1) is 10.4. The van der Waals surface area contributed by atoms with Crippen LogP contribution < -0.4 is 0 Å². The lowest BCUT2D eigenvalue weighted by molar-refractivity contribution is 0.156. The van der Waals surface area contributed by atoms with E-state index in [2.05, 4.69) is 34.6 Å². The summed E-state index contributed by atoms with van der Waals surface area (Å²) in [6.07, 6.45) is 11.3. The molecule has 2 heteroatoms. The molecule has 0 radical (unpaired) electrons. The predicted molar refractivity (Wildman–Crippen MR) is 94.5 cm³/mol. The average Bonchev–Trinajstić information content (AvgIpc) is 3.15. The molecule has 1 saturated heterocycles. The van der Waals surface area contributed by atoms with E-state index in [1.54, 1.807) is 0 Å². The van der Waals surface area contributed by atoms with Gasteiger partial charge in [0.15, 0.2) is 5.76 Å². The Morgan fingerprint density at radius 2 is 1.36 bits per heavy atom. The largest absolute Gasteiger partial charge is 0.455 e. The first-order valence-corrected chi connectivity index (χ1v) is 9.44. The van der Waals surface area contributed by atoms with Gasteiger partial charge in [0, 0.05) is 0 Å². The minimum Gasteiger partial charge on any atom is -0.455 e. The summed E-state index contributed by atoms with van der Waals surface area (Å²) in [4.78, 5) is 0. The Balaban J connectivity index is 1.97. The molecule has 0 bridgehead atoms. The lowest BCUT2D eigenvalue weighted by Crippen LogP contribution is -2.00. The molecule has 130 valence electrons. The second kappa shape index (κ2) is 10.3. The van der Waals surface area contributed by atoms with Crippen LogP contribution in [-0.2, 0) is 4.74 Å². The first kappa shape index (κ1) is 19.5. The van der Waals surface area contributed by atoms with E-state index in [0.29, 0.717) is 0 Å². The molecule has 0 aliphatic carbocycles. The van der Waals surface area contributed by atoms with Crippen LogP contribution in [0.2, 0.25) is 0 Å². The first-order valence-electron chi connectivity index (χ1n) is 9.44. The number of hydrogen-bond acceptors (Lipinski definition) is 2. The van der Waals surface area contributed by atoms with E-state index in [1.165, 1.54) is 56.9 Å². The molecule has 22 heavy (non-hydrogen) atoms. The Morgan fingerprint density at radius 3 is 1.82 bits per heavy atom. The summed E-state index contributed by atoms with van der Waals surface area (Å²) in [5.74, 6) is 3.40. The van der Waals surface area contributed by atoms with Crippen LogP contribution in [0.4, 0.5) is 0 Å². The van der Waals surface area contributed by atoms with Gasteiger partial charge >= 0.3 is 0 Å². The fourth-order valence-corrected chi connectivity index (χ4v) is 3.21. The SMILES string of the molecule is CC(CCCC(C)CCCC(C)CCCC(C)C)=C1OC1O. The third-order valence-electron chi connectivity index (χ3n) is 4.95. The summed E-state index contributed by atoms with van der Waals surface area (Å²) in [5.41, 5.74) is 1.23. The monoisotopic (exact) mass is 310 g/mol. The molecule has 3 atom stereocenters. The molecule has 1 aliphatic rings. The van der Waals surface area contributed by atoms with E-state index in [0.717, 1.165) is 29.9 Å². The Bertz CT molecular complexity index is 333. The molecule has 1 N–H and O–H groups in total. The number of ether oxygens (including phenoxy) is 1. The van der Waals surface area contributed by atoms with Crippen LogP contribution in [0.15, 0.2) is 11.3 Å². The molecule has 2 nitrogen and oxygen atoms in total. The standard InChI is InChI=1S/C20H38O2/c1-15(2)9-6-10-16(3)11-7-12-17(4)13-8-14-18(5)19-20(21)22-19/h15-17,20-21H,6-14H2,1-5H3. The zero-order chi connectivity index (χ0) is 16.5. The highest BCUT2D eigenvalue weighted by Crippen LogP contribution is 2.30. The van der Waals surface area contributed by atoms with Gasteiger partial charge in [-0.15, -0.1) is 0 Å². The lowest BCUT2D eigenvalue weighted by Gasteiger charge is -2.15. The predicted octanol–water partition coefficient (Wildman–Crippen LogP) is 6.05. The highest BCUT2D eigenvalue weighted by atomic mass is 16.7. The molecule has 1 aliphatic heterocycles. The molecule has 1 heterocycles. The van der Waals surface area contributed by atoms with Crippen molar-refractivity contribution in [2.75, 3.05) is 0 Å². The van der Waals surface area contributed by atoms with Gasteiger partial charge in [-0.2, -0.15) is 0 Å². The van der Waals surface area contributed by atoms with Crippen LogP contribution in [0, 0.1) is 17.8 Å². The van der Waals surface area contributed by atoms with Gasteiger partial charge < -0.3 is 9.84 Å². The summed E-state index contributed by atoms with van der Waals surface area (Å²) < 4.78 is 5.01. The highest BCUT2D eigenvalue weighted by molar-refractivity contribution is 5.17. The van der Waals surface area contributed by atoms with Crippen LogP contribution in [0.25, 0.3) is 0 Å². The zero-order valence-electron chi connectivity index (χ0n) is 15.5. The van der Waals surface area contributed by atoms with Gasteiger partial charge in [0.1, 0.15) is 0 Å². The number of aliphatic hydroxyl groups excluding tert-OH is 1. The van der Waals surface area contributed by atoms with Gasteiger partial charge in [0.2, 0.25) is 0 Å². The van der Waals surface area contributed by atoms with E-state index in [9.17, 15) is 5.11 Å². The van der Waals surface area contributed by atoms with E-state index in [1.807, 2.05) is 0 Å². The average molecular weight is 311 g/mol. The zero-order valence-corrected chi connectivity index (χ0v) is 15.5. The van der Waals surface area contributed by atoms with Crippen molar-refractivity contribution in [3.63, 3.8) is 0 Å². The van der Waals surface area contributed by atoms with Crippen LogP contribution in [-0.4, -0.2) is 11.4 Å². The maximum atomic E-state index is 9.19. The fourth-order valence-electron chi connectivity index (χ4n) is 3.21. The third-order valence-corrected chi connectivity index (χ3v) is 4.95. The Morgan fingerprint density at radius 1 is 0.909 bits per heavy atom. The molecule has 0 aromatic carbocycles. The van der Waals surface area contributed by atoms with Crippen LogP contribution in [0.1, 0.15) is 92.4 Å². The summed E-state index contributed by atoms with van der Waals surface area (Å²) in [6, 6.07) is 0. The molecule has 1 rings (SSSR count). The van der Waals surface area contributed by atoms with Crippen molar-refractivity contribution in [1.82, 2.24) is 0 Å². The maximum absolute atomic E-state index is 9.19. The second-order valence-corrected chi connectivity index (χ2v) is 7.97. The number of epoxide rings is 1. The van der Waals surface area contributed by atoms with Crippen LogP contribution >= 0.6 is 0 Å². The lowest BCUT2D eigenvalue weighted by atomic mass is 9.91. The Kier molecular flexibility index (Phi) is 9.16. The maximum Gasteiger partial charge on any atom is 0.256 e. The summed E-state index contributed by atoms with van der Waals surface area (Å²) in [5, 5.41) is 9.19. The van der Waals surface area contributed by atoms with Crippen molar-refractivity contribution < 1.29 is 9.84 Å². The summed E-state index contributed by atoms with van der Waals surface area (Å²) in [7, 11) is 0. The molecule has 0 spiro atoms. The third kappa shape index (κ3) is 8.82. The smallest absolute Gasteiger partial charge is 0.256 e. The topological polar surface area (TPSA) is 32.8 Å². The number of hydrogen-bond donors (Lipinski definition) is 1. The van der Waals surface area contributed by atoms with Crippen molar-refractivity contribution in [2.45, 2.75) is 98.7 Å². The van der Waals surface area contributed by atoms with Gasteiger partial charge in [-0.25, -0.2) is 0 Å². The van der Waals surface area contributed by atoms with E-state index >= 15 is 0 Å². The fraction of sp³-hybridized carbons (Fsp3) is 0.900. The van der Waals surface area contributed by atoms with E-state index in [4.69, 9.17) is 4.74 Å². The molecule has 0 amide bonds. The van der Waals surface area contributed by atoms with E-state index < -0.39 is 6.29 Å². The number of rotatable bonds is 12. The molecule has 3 unspecified atom stereocenters. The van der Waals surface area contributed by atoms with Gasteiger partial charge in [0.05, 0.1) is 0 Å². The van der Waals surface area contributed by atoms with Gasteiger partial charge in [0.25, 0.3) is 6.29 Å². The van der Waals surface area contributed by atoms with Crippen molar-refractivity contribution in [3.05, 3.63) is 11.3 Å². The quantitative estimate of drug-likeness (QED) is 0.445. The van der Waals surface area contributed by atoms with Crippen molar-refractivity contribution in [1.29, 1.82) is 0 Å². The van der Waals surface area contributed by atoms with E-state index in [-0.39, 0.29) is 0 Å². The van der Waals surface area contributed by atoms with Gasteiger partial charge in [-0.1, -0.05) is 72.6 Å². The Hall–Kier alpha value is -0.500. The van der Waals surface area contributed by atoms with Crippen molar-refractivity contribution in [3.8, 4) is 0 Å². The molecule has 0 aromatic heterocycles. The second-order valence-electron chi connectivity index (χ2n) is 7.97. The minimum absolute atomic E-state index is 0.588. The van der Waals surface area contributed by atoms with Crippen molar-refractivity contribution >= 4 is 0 Å². The van der Waals surface area contributed by atoms with Crippen LogP contribution in [0.5, 0.6) is 0 Å². The Labute approximate surface area is 138 Å². The van der Waals surface area contributed by atoms with Crippen LogP contribution in [0.3, 0.4) is 0 Å². The van der Waals surface area contributed by atoms with Gasteiger partial charge in [-0.05, 0) is 43.1 Å². The molecule has 1 fully saturated rings. The highest BCUT2D eigenvalue weighted by Gasteiger charge is 2.31. The molecular formula is C20H38O2. The molecular weight excluding hydrogens is 272 g/mol. The summed E-state index contributed by atoms with van der Waals surface area (Å²) >= 11 is 0. The van der Waals surface area contributed by atoms with Crippen molar-refractivity contribution in [2.24, 2.45) is 17.8 Å².